The summed E-state index contributed by atoms with van der Waals surface area (Å²) in [5.41, 5.74) is 2.31. The lowest BCUT2D eigenvalue weighted by molar-refractivity contribution is 0.250. The van der Waals surface area contributed by atoms with Crippen LogP contribution in [0.2, 0.25) is 0 Å². The van der Waals surface area contributed by atoms with Gasteiger partial charge in [0.2, 0.25) is 0 Å². The molecule has 0 fully saturated rings. The van der Waals surface area contributed by atoms with Gasteiger partial charge in [-0.25, -0.2) is 0 Å². The van der Waals surface area contributed by atoms with Crippen molar-refractivity contribution in [3.05, 3.63) is 29.3 Å². The first-order valence-electron chi connectivity index (χ1n) is 5.95. The zero-order valence-corrected chi connectivity index (χ0v) is 11.2. The summed E-state index contributed by atoms with van der Waals surface area (Å²) in [6, 6.07) is 6.18. The predicted molar refractivity (Wildman–Crippen MR) is 70.3 cm³/mol. The van der Waals surface area contributed by atoms with E-state index in [1.807, 2.05) is 6.07 Å². The summed E-state index contributed by atoms with van der Waals surface area (Å²) in [5, 5.41) is 0. The van der Waals surface area contributed by atoms with Crippen LogP contribution in [-0.2, 0) is 5.88 Å². The minimum absolute atomic E-state index is 0.513. The highest BCUT2D eigenvalue weighted by Crippen LogP contribution is 2.22. The van der Waals surface area contributed by atoms with Gasteiger partial charge in [-0.2, -0.15) is 0 Å². The molecule has 16 heavy (non-hydrogen) atoms. The number of hydrogen-bond donors (Lipinski definition) is 0. The van der Waals surface area contributed by atoms with Gasteiger partial charge in [0.15, 0.2) is 0 Å². The SMILES string of the molecule is CCCC(C)COc1ccc(C)cc1CCl. The molecule has 1 nitrogen and oxygen atoms in total. The fourth-order valence-corrected chi connectivity index (χ4v) is 1.97. The molecule has 1 aromatic rings. The molecule has 0 aliphatic rings. The molecule has 0 amide bonds. The predicted octanol–water partition coefficient (Wildman–Crippen LogP) is 4.55. The minimum Gasteiger partial charge on any atom is -0.493 e. The average molecular weight is 241 g/mol. The third-order valence-corrected chi connectivity index (χ3v) is 2.95. The van der Waals surface area contributed by atoms with Crippen LogP contribution in [-0.4, -0.2) is 6.61 Å². The summed E-state index contributed by atoms with van der Waals surface area (Å²) in [6.07, 6.45) is 2.42. The standard InChI is InChI=1S/C14H21ClO/c1-4-5-12(3)10-16-14-7-6-11(2)8-13(14)9-15/h6-8,12H,4-5,9-10H2,1-3H3. The van der Waals surface area contributed by atoms with Crippen molar-refractivity contribution in [2.24, 2.45) is 5.92 Å². The van der Waals surface area contributed by atoms with Crippen LogP contribution in [0.1, 0.15) is 37.8 Å². The molecule has 0 radical (unpaired) electrons. The lowest BCUT2D eigenvalue weighted by atomic mass is 10.1. The highest BCUT2D eigenvalue weighted by molar-refractivity contribution is 6.17. The summed E-state index contributed by atoms with van der Waals surface area (Å²) in [6.45, 7) is 7.27. The maximum Gasteiger partial charge on any atom is 0.123 e. The van der Waals surface area contributed by atoms with Gasteiger partial charge in [-0.1, -0.05) is 38.0 Å². The van der Waals surface area contributed by atoms with E-state index in [-0.39, 0.29) is 0 Å². The second kappa shape index (κ2) is 6.80. The highest BCUT2D eigenvalue weighted by Gasteiger charge is 2.06. The van der Waals surface area contributed by atoms with Crippen molar-refractivity contribution in [2.45, 2.75) is 39.5 Å². The van der Waals surface area contributed by atoms with Gasteiger partial charge in [0.25, 0.3) is 0 Å². The Balaban J connectivity index is 2.59. The van der Waals surface area contributed by atoms with Crippen molar-refractivity contribution in [3.63, 3.8) is 0 Å². The topological polar surface area (TPSA) is 9.23 Å². The van der Waals surface area contributed by atoms with E-state index in [9.17, 15) is 0 Å². The molecule has 0 aromatic heterocycles. The molecule has 2 heteroatoms. The second-order valence-electron chi connectivity index (χ2n) is 4.45. The Morgan fingerprint density at radius 2 is 2.12 bits per heavy atom. The monoisotopic (exact) mass is 240 g/mol. The average Bonchev–Trinajstić information content (AvgIpc) is 2.27. The van der Waals surface area contributed by atoms with Gasteiger partial charge in [0.05, 0.1) is 12.5 Å². The molecule has 1 unspecified atom stereocenters. The number of alkyl halides is 1. The minimum atomic E-state index is 0.513. The van der Waals surface area contributed by atoms with Crippen molar-refractivity contribution < 1.29 is 4.74 Å². The fraction of sp³-hybridized carbons (Fsp3) is 0.571. The molecule has 1 rings (SSSR count). The zero-order valence-electron chi connectivity index (χ0n) is 10.4. The molecule has 0 aliphatic carbocycles. The molecule has 1 aromatic carbocycles. The van der Waals surface area contributed by atoms with Crippen LogP contribution in [0, 0.1) is 12.8 Å². The number of halogens is 1. The van der Waals surface area contributed by atoms with Gasteiger partial charge >= 0.3 is 0 Å². The van der Waals surface area contributed by atoms with E-state index in [1.165, 1.54) is 18.4 Å². The Bertz CT molecular complexity index is 323. The van der Waals surface area contributed by atoms with E-state index in [2.05, 4.69) is 32.9 Å². The van der Waals surface area contributed by atoms with E-state index in [4.69, 9.17) is 16.3 Å². The third kappa shape index (κ3) is 4.05. The van der Waals surface area contributed by atoms with Crippen LogP contribution >= 0.6 is 11.6 Å². The molecule has 0 saturated heterocycles. The lowest BCUT2D eigenvalue weighted by Gasteiger charge is -2.14. The van der Waals surface area contributed by atoms with E-state index >= 15 is 0 Å². The molecule has 0 saturated carbocycles. The van der Waals surface area contributed by atoms with Gasteiger partial charge < -0.3 is 4.74 Å². The van der Waals surface area contributed by atoms with E-state index < -0.39 is 0 Å². The smallest absolute Gasteiger partial charge is 0.123 e. The summed E-state index contributed by atoms with van der Waals surface area (Å²) in [7, 11) is 0. The number of hydrogen-bond acceptors (Lipinski definition) is 1. The number of rotatable bonds is 6. The Hall–Kier alpha value is -0.690. The van der Waals surface area contributed by atoms with Gasteiger partial charge in [-0.05, 0) is 25.3 Å². The summed E-state index contributed by atoms with van der Waals surface area (Å²) >= 11 is 5.90. The Morgan fingerprint density at radius 3 is 2.75 bits per heavy atom. The molecule has 0 N–H and O–H groups in total. The van der Waals surface area contributed by atoms with Crippen molar-refractivity contribution in [3.8, 4) is 5.75 Å². The number of ether oxygens (including phenoxy) is 1. The summed E-state index contributed by atoms with van der Waals surface area (Å²) < 4.78 is 5.81. The largest absolute Gasteiger partial charge is 0.493 e. The van der Waals surface area contributed by atoms with Gasteiger partial charge in [0, 0.05) is 5.56 Å². The molecule has 1 atom stereocenters. The number of aryl methyl sites for hydroxylation is 1. The van der Waals surface area contributed by atoms with Crippen LogP contribution in [0.5, 0.6) is 5.75 Å². The molecule has 0 spiro atoms. The van der Waals surface area contributed by atoms with Crippen molar-refractivity contribution in [1.29, 1.82) is 0 Å². The lowest BCUT2D eigenvalue weighted by Crippen LogP contribution is -2.09. The van der Waals surface area contributed by atoms with Crippen molar-refractivity contribution in [2.75, 3.05) is 6.61 Å². The van der Waals surface area contributed by atoms with Gasteiger partial charge in [-0.15, -0.1) is 11.6 Å². The molecule has 0 heterocycles. The van der Waals surface area contributed by atoms with Crippen LogP contribution in [0.3, 0.4) is 0 Å². The molecule has 90 valence electrons. The molecular formula is C14H21ClO. The van der Waals surface area contributed by atoms with E-state index in [0.29, 0.717) is 11.8 Å². The van der Waals surface area contributed by atoms with Crippen LogP contribution in [0.25, 0.3) is 0 Å². The van der Waals surface area contributed by atoms with Gasteiger partial charge in [0.1, 0.15) is 5.75 Å². The third-order valence-electron chi connectivity index (χ3n) is 2.66. The normalized spacial score (nSPS) is 12.5. The first-order valence-corrected chi connectivity index (χ1v) is 6.49. The molecule has 0 bridgehead atoms. The number of benzene rings is 1. The first-order chi connectivity index (χ1) is 7.67. The van der Waals surface area contributed by atoms with E-state index in [1.54, 1.807) is 0 Å². The molecule has 0 aliphatic heterocycles. The second-order valence-corrected chi connectivity index (χ2v) is 4.72. The molecular weight excluding hydrogens is 220 g/mol. The first kappa shape index (κ1) is 13.4. The van der Waals surface area contributed by atoms with Crippen LogP contribution in [0.15, 0.2) is 18.2 Å². The maximum atomic E-state index is 5.90. The van der Waals surface area contributed by atoms with Gasteiger partial charge in [-0.3, -0.25) is 0 Å². The Kier molecular flexibility index (Phi) is 5.68. The fourth-order valence-electron chi connectivity index (χ4n) is 1.76. The summed E-state index contributed by atoms with van der Waals surface area (Å²) in [5.74, 6) is 2.05. The van der Waals surface area contributed by atoms with Crippen LogP contribution in [0.4, 0.5) is 0 Å². The van der Waals surface area contributed by atoms with Crippen LogP contribution < -0.4 is 4.74 Å². The maximum absolute atomic E-state index is 5.90. The zero-order chi connectivity index (χ0) is 12.0. The Labute approximate surface area is 104 Å². The van der Waals surface area contributed by atoms with E-state index in [0.717, 1.165) is 17.9 Å². The summed E-state index contributed by atoms with van der Waals surface area (Å²) in [4.78, 5) is 0. The van der Waals surface area contributed by atoms with Crippen molar-refractivity contribution in [1.82, 2.24) is 0 Å². The Morgan fingerprint density at radius 1 is 1.38 bits per heavy atom. The highest BCUT2D eigenvalue weighted by atomic mass is 35.5. The quantitative estimate of drug-likeness (QED) is 0.663. The van der Waals surface area contributed by atoms with Crippen molar-refractivity contribution >= 4 is 11.6 Å².